The van der Waals surface area contributed by atoms with Crippen molar-refractivity contribution in [2.45, 2.75) is 6.92 Å². The zero-order chi connectivity index (χ0) is 11.5. The van der Waals surface area contributed by atoms with Crippen LogP contribution in [0.5, 0.6) is 0 Å². The number of halogens is 2. The van der Waals surface area contributed by atoms with E-state index in [1.54, 1.807) is 12.1 Å². The molecule has 0 unspecified atom stereocenters. The quantitative estimate of drug-likeness (QED) is 0.912. The zero-order valence-electron chi connectivity index (χ0n) is 8.54. The summed E-state index contributed by atoms with van der Waals surface area (Å²) >= 11 is 9.14. The van der Waals surface area contributed by atoms with E-state index in [2.05, 4.69) is 31.4 Å². The van der Waals surface area contributed by atoms with E-state index in [4.69, 9.17) is 11.6 Å². The Balaban J connectivity index is 2.27. The summed E-state index contributed by atoms with van der Waals surface area (Å²) in [6, 6.07) is 9.42. The number of aromatic nitrogens is 2. The second-order valence-electron chi connectivity index (χ2n) is 3.28. The van der Waals surface area contributed by atoms with Crippen LogP contribution < -0.4 is 5.32 Å². The third-order valence-electron chi connectivity index (χ3n) is 2.16. The average molecular weight is 299 g/mol. The summed E-state index contributed by atoms with van der Waals surface area (Å²) in [5, 5.41) is 11.3. The molecule has 0 aliphatic carbocycles. The first-order chi connectivity index (χ1) is 7.66. The number of nitrogens with one attached hydrogen (secondary N) is 1. The fraction of sp³-hybridized carbons (Fsp3) is 0.0909. The molecule has 16 heavy (non-hydrogen) atoms. The fourth-order valence-corrected chi connectivity index (χ4v) is 1.73. The van der Waals surface area contributed by atoms with Gasteiger partial charge in [-0.25, -0.2) is 0 Å². The lowest BCUT2D eigenvalue weighted by molar-refractivity contribution is 1.04. The molecule has 82 valence electrons. The summed E-state index contributed by atoms with van der Waals surface area (Å²) in [5.74, 6) is 0.672. The molecule has 3 nitrogen and oxygen atoms in total. The minimum atomic E-state index is 0.386. The maximum Gasteiger partial charge on any atom is 0.153 e. The second-order valence-corrected chi connectivity index (χ2v) is 4.52. The molecule has 0 saturated heterocycles. The molecule has 0 spiro atoms. The molecule has 1 aromatic heterocycles. The lowest BCUT2D eigenvalue weighted by Gasteiger charge is -2.09. The van der Waals surface area contributed by atoms with Crippen LogP contribution in [0.25, 0.3) is 0 Å². The maximum atomic E-state index is 5.66. The highest BCUT2D eigenvalue weighted by Gasteiger charge is 2.02. The van der Waals surface area contributed by atoms with Gasteiger partial charge in [-0.3, -0.25) is 0 Å². The lowest BCUT2D eigenvalue weighted by Crippen LogP contribution is -1.97. The molecule has 0 radical (unpaired) electrons. The van der Waals surface area contributed by atoms with Crippen LogP contribution in [0.4, 0.5) is 11.5 Å². The van der Waals surface area contributed by atoms with Crippen LogP contribution in [0.1, 0.15) is 5.56 Å². The van der Waals surface area contributed by atoms with E-state index in [0.717, 1.165) is 15.7 Å². The standard InChI is InChI=1S/C11H9BrClN3/c1-7-8(12)3-2-4-9(7)14-11-6-5-10(13)15-16-11/h2-6H,1H3,(H,14,16). The monoisotopic (exact) mass is 297 g/mol. The Hall–Kier alpha value is -1.13. The number of benzene rings is 1. The van der Waals surface area contributed by atoms with Gasteiger partial charge in [-0.2, -0.15) is 0 Å². The summed E-state index contributed by atoms with van der Waals surface area (Å²) in [7, 11) is 0. The molecule has 0 atom stereocenters. The minimum absolute atomic E-state index is 0.386. The van der Waals surface area contributed by atoms with Crippen molar-refractivity contribution in [1.29, 1.82) is 0 Å². The Bertz CT molecular complexity index is 499. The Morgan fingerprint density at radius 1 is 1.19 bits per heavy atom. The van der Waals surface area contributed by atoms with Gasteiger partial charge in [0, 0.05) is 10.2 Å². The summed E-state index contributed by atoms with van der Waals surface area (Å²) in [4.78, 5) is 0. The van der Waals surface area contributed by atoms with E-state index in [-0.39, 0.29) is 0 Å². The Labute approximate surface area is 107 Å². The van der Waals surface area contributed by atoms with Gasteiger partial charge < -0.3 is 5.32 Å². The van der Waals surface area contributed by atoms with E-state index in [0.29, 0.717) is 11.0 Å². The van der Waals surface area contributed by atoms with Crippen molar-refractivity contribution in [1.82, 2.24) is 10.2 Å². The molecule has 1 N–H and O–H groups in total. The lowest BCUT2D eigenvalue weighted by atomic mass is 10.2. The number of rotatable bonds is 2. The molecular weight excluding hydrogens is 289 g/mol. The first kappa shape index (κ1) is 11.4. The first-order valence-corrected chi connectivity index (χ1v) is 5.85. The first-order valence-electron chi connectivity index (χ1n) is 4.68. The van der Waals surface area contributed by atoms with Crippen molar-refractivity contribution in [3.8, 4) is 0 Å². The Morgan fingerprint density at radius 2 is 2.00 bits per heavy atom. The molecule has 0 aliphatic rings. The van der Waals surface area contributed by atoms with Crippen molar-refractivity contribution in [3.05, 3.63) is 45.5 Å². The highest BCUT2D eigenvalue weighted by molar-refractivity contribution is 9.10. The van der Waals surface area contributed by atoms with E-state index in [9.17, 15) is 0 Å². The smallest absolute Gasteiger partial charge is 0.153 e. The topological polar surface area (TPSA) is 37.8 Å². The summed E-state index contributed by atoms with van der Waals surface area (Å²) in [6.07, 6.45) is 0. The zero-order valence-corrected chi connectivity index (χ0v) is 10.9. The Kier molecular flexibility index (Phi) is 3.41. The van der Waals surface area contributed by atoms with Gasteiger partial charge in [0.15, 0.2) is 11.0 Å². The van der Waals surface area contributed by atoms with Crippen LogP contribution >= 0.6 is 27.5 Å². The van der Waals surface area contributed by atoms with E-state index in [1.807, 2.05) is 25.1 Å². The van der Waals surface area contributed by atoms with Gasteiger partial charge in [0.1, 0.15) is 0 Å². The number of nitrogens with zero attached hydrogens (tertiary/aromatic N) is 2. The van der Waals surface area contributed by atoms with Crippen LogP contribution in [0.15, 0.2) is 34.8 Å². The van der Waals surface area contributed by atoms with Crippen LogP contribution in [-0.4, -0.2) is 10.2 Å². The predicted molar refractivity (Wildman–Crippen MR) is 69.2 cm³/mol. The second kappa shape index (κ2) is 4.80. The average Bonchev–Trinajstić information content (AvgIpc) is 2.28. The third kappa shape index (κ3) is 2.51. The number of hydrogen-bond donors (Lipinski definition) is 1. The van der Waals surface area contributed by atoms with Crippen molar-refractivity contribution in [2.24, 2.45) is 0 Å². The molecule has 0 amide bonds. The van der Waals surface area contributed by atoms with Crippen molar-refractivity contribution in [3.63, 3.8) is 0 Å². The molecule has 2 aromatic rings. The molecular formula is C11H9BrClN3. The Morgan fingerprint density at radius 3 is 2.69 bits per heavy atom. The van der Waals surface area contributed by atoms with Crippen LogP contribution in [0.2, 0.25) is 5.15 Å². The van der Waals surface area contributed by atoms with E-state index in [1.165, 1.54) is 0 Å². The van der Waals surface area contributed by atoms with Gasteiger partial charge in [-0.05, 0) is 36.8 Å². The molecule has 2 rings (SSSR count). The van der Waals surface area contributed by atoms with Crippen LogP contribution in [0, 0.1) is 6.92 Å². The highest BCUT2D eigenvalue weighted by Crippen LogP contribution is 2.25. The van der Waals surface area contributed by atoms with Crippen molar-refractivity contribution >= 4 is 39.0 Å². The molecule has 5 heteroatoms. The van der Waals surface area contributed by atoms with Gasteiger partial charge in [0.25, 0.3) is 0 Å². The summed E-state index contributed by atoms with van der Waals surface area (Å²) < 4.78 is 1.06. The molecule has 0 fully saturated rings. The van der Waals surface area contributed by atoms with Crippen molar-refractivity contribution in [2.75, 3.05) is 5.32 Å². The molecule has 0 saturated carbocycles. The minimum Gasteiger partial charge on any atom is -0.338 e. The molecule has 0 aliphatic heterocycles. The van der Waals surface area contributed by atoms with Gasteiger partial charge in [-0.15, -0.1) is 10.2 Å². The number of anilines is 2. The van der Waals surface area contributed by atoms with Gasteiger partial charge in [0.2, 0.25) is 0 Å². The fourth-order valence-electron chi connectivity index (χ4n) is 1.26. The number of hydrogen-bond acceptors (Lipinski definition) is 3. The van der Waals surface area contributed by atoms with E-state index >= 15 is 0 Å². The summed E-state index contributed by atoms with van der Waals surface area (Å²) in [5.41, 5.74) is 2.12. The highest BCUT2D eigenvalue weighted by atomic mass is 79.9. The molecule has 0 bridgehead atoms. The SMILES string of the molecule is Cc1c(Br)cccc1Nc1ccc(Cl)nn1. The largest absolute Gasteiger partial charge is 0.338 e. The van der Waals surface area contributed by atoms with Gasteiger partial charge in [0.05, 0.1) is 0 Å². The molecule has 1 aromatic carbocycles. The molecule has 1 heterocycles. The predicted octanol–water partition coefficient (Wildman–Crippen LogP) is 3.94. The summed E-state index contributed by atoms with van der Waals surface area (Å²) in [6.45, 7) is 2.02. The maximum absolute atomic E-state index is 5.66. The van der Waals surface area contributed by atoms with Crippen LogP contribution in [-0.2, 0) is 0 Å². The van der Waals surface area contributed by atoms with Crippen molar-refractivity contribution < 1.29 is 0 Å². The van der Waals surface area contributed by atoms with Crippen LogP contribution in [0.3, 0.4) is 0 Å². The van der Waals surface area contributed by atoms with Gasteiger partial charge >= 0.3 is 0 Å². The van der Waals surface area contributed by atoms with Gasteiger partial charge in [-0.1, -0.05) is 33.6 Å². The van der Waals surface area contributed by atoms with E-state index < -0.39 is 0 Å². The normalized spacial score (nSPS) is 10.2. The third-order valence-corrected chi connectivity index (χ3v) is 3.22.